The maximum atomic E-state index is 12.3. The molecule has 0 radical (unpaired) electrons. The molecule has 1 aromatic carbocycles. The number of aromatic amines is 1. The van der Waals surface area contributed by atoms with Gasteiger partial charge >= 0.3 is 0 Å². The molecular weight excluding hydrogens is 320 g/mol. The molecule has 132 valence electrons. The third-order valence-corrected chi connectivity index (χ3v) is 4.22. The van der Waals surface area contributed by atoms with Gasteiger partial charge in [0.15, 0.2) is 0 Å². The van der Waals surface area contributed by atoms with E-state index in [4.69, 9.17) is 4.42 Å². The molecule has 2 aromatic heterocycles. The van der Waals surface area contributed by atoms with Crippen LogP contribution in [0.5, 0.6) is 0 Å². The first-order chi connectivity index (χ1) is 12.0. The molecular formula is C18H22N4O3. The van der Waals surface area contributed by atoms with Crippen LogP contribution in [0, 0.1) is 0 Å². The summed E-state index contributed by atoms with van der Waals surface area (Å²) >= 11 is 0. The fourth-order valence-electron chi connectivity index (χ4n) is 2.94. The summed E-state index contributed by atoms with van der Waals surface area (Å²) in [6.45, 7) is 5.93. The molecule has 0 atom stereocenters. The molecule has 7 nitrogen and oxygen atoms in total. The lowest BCUT2D eigenvalue weighted by molar-refractivity contribution is -0.131. The van der Waals surface area contributed by atoms with Gasteiger partial charge in [-0.2, -0.15) is 0 Å². The van der Waals surface area contributed by atoms with Crippen molar-refractivity contribution in [2.24, 2.45) is 0 Å². The molecule has 0 saturated carbocycles. The van der Waals surface area contributed by atoms with Gasteiger partial charge in [0.1, 0.15) is 16.9 Å². The number of fused-ring (bicyclic) bond motifs is 3. The van der Waals surface area contributed by atoms with Gasteiger partial charge in [-0.25, -0.2) is 4.98 Å². The second kappa shape index (κ2) is 7.06. The number of para-hydroxylation sites is 1. The number of furan rings is 1. The molecule has 0 fully saturated rings. The largest absolute Gasteiger partial charge is 0.449 e. The molecule has 1 amide bonds. The molecule has 3 rings (SSSR count). The molecule has 0 aliphatic heterocycles. The van der Waals surface area contributed by atoms with Crippen LogP contribution in [0.2, 0.25) is 0 Å². The maximum Gasteiger partial charge on any atom is 0.294 e. The first kappa shape index (κ1) is 17.2. The Morgan fingerprint density at radius 2 is 1.96 bits per heavy atom. The van der Waals surface area contributed by atoms with Gasteiger partial charge in [0.25, 0.3) is 5.56 Å². The fraction of sp³-hybridized carbons (Fsp3) is 0.389. The number of hydrogen-bond donors (Lipinski definition) is 1. The van der Waals surface area contributed by atoms with E-state index >= 15 is 0 Å². The summed E-state index contributed by atoms with van der Waals surface area (Å²) in [6.07, 6.45) is 0. The maximum absolute atomic E-state index is 12.3. The van der Waals surface area contributed by atoms with E-state index in [-0.39, 0.29) is 23.6 Å². The predicted octanol–water partition coefficient (Wildman–Crippen LogP) is 1.97. The van der Waals surface area contributed by atoms with E-state index in [0.29, 0.717) is 36.6 Å². The van der Waals surface area contributed by atoms with Crippen molar-refractivity contribution in [3.63, 3.8) is 0 Å². The molecule has 3 aromatic rings. The van der Waals surface area contributed by atoms with Crippen LogP contribution in [0.15, 0.2) is 33.5 Å². The van der Waals surface area contributed by atoms with E-state index in [1.54, 1.807) is 4.90 Å². The van der Waals surface area contributed by atoms with Gasteiger partial charge in [0, 0.05) is 18.5 Å². The number of aromatic nitrogens is 2. The summed E-state index contributed by atoms with van der Waals surface area (Å²) in [5.74, 6) is 0.573. The zero-order chi connectivity index (χ0) is 18.0. The van der Waals surface area contributed by atoms with Crippen LogP contribution in [0.3, 0.4) is 0 Å². The lowest BCUT2D eigenvalue weighted by Crippen LogP contribution is -2.38. The van der Waals surface area contributed by atoms with E-state index in [1.165, 1.54) is 0 Å². The van der Waals surface area contributed by atoms with Crippen molar-refractivity contribution in [3.8, 4) is 0 Å². The minimum absolute atomic E-state index is 0.0599. The Kier molecular flexibility index (Phi) is 4.85. The molecule has 2 heterocycles. The van der Waals surface area contributed by atoms with E-state index in [2.05, 4.69) is 9.97 Å². The van der Waals surface area contributed by atoms with Gasteiger partial charge in [-0.1, -0.05) is 12.1 Å². The number of H-pyrrole nitrogens is 1. The van der Waals surface area contributed by atoms with Crippen molar-refractivity contribution in [2.45, 2.75) is 20.4 Å². The monoisotopic (exact) mass is 342 g/mol. The topological polar surface area (TPSA) is 82.4 Å². The Bertz CT molecular complexity index is 956. The summed E-state index contributed by atoms with van der Waals surface area (Å²) in [5, 5.41) is 0.812. The van der Waals surface area contributed by atoms with Gasteiger partial charge in [-0.3, -0.25) is 14.5 Å². The number of carbonyl (C=O) groups is 1. The number of likely N-dealkylation sites (N-methyl/N-ethyl adjacent to an activating group) is 2. The number of nitrogens with one attached hydrogen (secondary N) is 1. The van der Waals surface area contributed by atoms with Gasteiger partial charge < -0.3 is 14.3 Å². The average molecular weight is 342 g/mol. The van der Waals surface area contributed by atoms with E-state index in [0.717, 1.165) is 5.39 Å². The van der Waals surface area contributed by atoms with Crippen molar-refractivity contribution in [3.05, 3.63) is 40.4 Å². The summed E-state index contributed by atoms with van der Waals surface area (Å²) in [7, 11) is 1.83. The molecule has 0 unspecified atom stereocenters. The number of amides is 1. The van der Waals surface area contributed by atoms with Crippen LogP contribution in [-0.2, 0) is 11.3 Å². The van der Waals surface area contributed by atoms with Crippen LogP contribution in [0.1, 0.15) is 19.7 Å². The molecule has 0 aliphatic rings. The van der Waals surface area contributed by atoms with Gasteiger partial charge in [-0.15, -0.1) is 0 Å². The van der Waals surface area contributed by atoms with E-state index in [1.807, 2.05) is 50.1 Å². The number of hydrogen-bond acceptors (Lipinski definition) is 5. The number of rotatable bonds is 6. The highest BCUT2D eigenvalue weighted by Crippen LogP contribution is 2.24. The van der Waals surface area contributed by atoms with Crippen LogP contribution >= 0.6 is 0 Å². The van der Waals surface area contributed by atoms with E-state index < -0.39 is 0 Å². The van der Waals surface area contributed by atoms with Gasteiger partial charge in [0.05, 0.1) is 13.1 Å². The zero-order valence-corrected chi connectivity index (χ0v) is 14.7. The molecule has 0 bridgehead atoms. The predicted molar refractivity (Wildman–Crippen MR) is 96.4 cm³/mol. The molecule has 1 N–H and O–H groups in total. The Morgan fingerprint density at radius 3 is 2.68 bits per heavy atom. The van der Waals surface area contributed by atoms with Crippen molar-refractivity contribution >= 4 is 28.0 Å². The summed E-state index contributed by atoms with van der Waals surface area (Å²) in [6, 6.07) is 7.43. The smallest absolute Gasteiger partial charge is 0.294 e. The normalized spacial score (nSPS) is 11.5. The molecule has 0 aliphatic carbocycles. The van der Waals surface area contributed by atoms with Crippen molar-refractivity contribution in [1.29, 1.82) is 0 Å². The summed E-state index contributed by atoms with van der Waals surface area (Å²) in [5.41, 5.74) is 1.11. The summed E-state index contributed by atoms with van der Waals surface area (Å²) < 4.78 is 5.59. The highest BCUT2D eigenvalue weighted by Gasteiger charge is 2.16. The first-order valence-electron chi connectivity index (χ1n) is 8.40. The standard InChI is InChI=1S/C18H22N4O3/c1-4-22(5-2)15(23)11-21(3)10-14-19-16-12-8-6-7-9-13(12)25-17(16)18(24)20-14/h6-9H,4-5,10-11H2,1-3H3,(H,19,20,24). The minimum atomic E-state index is -0.306. The highest BCUT2D eigenvalue weighted by atomic mass is 16.3. The lowest BCUT2D eigenvalue weighted by atomic mass is 10.2. The zero-order valence-electron chi connectivity index (χ0n) is 14.7. The first-order valence-corrected chi connectivity index (χ1v) is 8.40. The van der Waals surface area contributed by atoms with Gasteiger partial charge in [-0.05, 0) is 33.0 Å². The SMILES string of the molecule is CCN(CC)C(=O)CN(C)Cc1nc2c(oc3ccccc32)c(=O)[nH]1. The third-order valence-electron chi connectivity index (χ3n) is 4.22. The Hall–Kier alpha value is -2.67. The average Bonchev–Trinajstić information content (AvgIpc) is 2.95. The van der Waals surface area contributed by atoms with Crippen molar-refractivity contribution in [1.82, 2.24) is 19.8 Å². The molecule has 25 heavy (non-hydrogen) atoms. The van der Waals surface area contributed by atoms with Crippen LogP contribution in [0.25, 0.3) is 22.1 Å². The highest BCUT2D eigenvalue weighted by molar-refractivity contribution is 6.01. The quantitative estimate of drug-likeness (QED) is 0.740. The Labute approximate surface area is 145 Å². The fourth-order valence-corrected chi connectivity index (χ4v) is 2.94. The molecule has 7 heteroatoms. The number of carbonyl (C=O) groups excluding carboxylic acids is 1. The molecule has 0 spiro atoms. The molecule has 0 saturated heterocycles. The number of benzene rings is 1. The number of nitrogens with zero attached hydrogens (tertiary/aromatic N) is 3. The Balaban J connectivity index is 1.85. The van der Waals surface area contributed by atoms with Gasteiger partial charge in [0.2, 0.25) is 11.5 Å². The second-order valence-electron chi connectivity index (χ2n) is 6.03. The van der Waals surface area contributed by atoms with E-state index in [9.17, 15) is 9.59 Å². The van der Waals surface area contributed by atoms with Crippen molar-refractivity contribution in [2.75, 3.05) is 26.7 Å². The second-order valence-corrected chi connectivity index (χ2v) is 6.03. The van der Waals surface area contributed by atoms with Crippen LogP contribution < -0.4 is 5.56 Å². The van der Waals surface area contributed by atoms with Crippen molar-refractivity contribution < 1.29 is 9.21 Å². The Morgan fingerprint density at radius 1 is 1.24 bits per heavy atom. The minimum Gasteiger partial charge on any atom is -0.449 e. The lowest BCUT2D eigenvalue weighted by Gasteiger charge is -2.22. The van der Waals surface area contributed by atoms with Crippen LogP contribution in [0.4, 0.5) is 0 Å². The summed E-state index contributed by atoms with van der Waals surface area (Å²) in [4.78, 5) is 35.4. The van der Waals surface area contributed by atoms with Crippen LogP contribution in [-0.4, -0.2) is 52.4 Å². The third kappa shape index (κ3) is 3.41.